The predicted octanol–water partition coefficient (Wildman–Crippen LogP) is 8.25. The van der Waals surface area contributed by atoms with E-state index in [2.05, 4.69) is 109 Å². The monoisotopic (exact) mass is 726 g/mol. The van der Waals surface area contributed by atoms with Crippen molar-refractivity contribution in [1.82, 2.24) is 0 Å². The molecule has 2 nitrogen and oxygen atoms in total. The largest absolute Gasteiger partial charge is 0.506 e. The molecule has 2 rings (SSSR count). The molecule has 0 atom stereocenters. The molecule has 0 amide bonds. The van der Waals surface area contributed by atoms with Crippen LogP contribution in [0.25, 0.3) is 0 Å². The number of halogens is 6. The quantitative estimate of drug-likeness (QED) is 0.313. The number of benzene rings is 2. The Morgan fingerprint density at radius 2 is 0.920 bits per heavy atom. The number of phenolic OH excluding ortho intramolecular Hbond substituents is 2. The minimum absolute atomic E-state index is 0.183. The molecule has 0 spiro atoms. The van der Waals surface area contributed by atoms with E-state index in [4.69, 9.17) is 0 Å². The first-order valence-electron chi connectivity index (χ1n) is 7.05. The molecule has 0 aromatic heterocycles. The minimum Gasteiger partial charge on any atom is -0.506 e. The second-order valence-electron chi connectivity index (χ2n) is 5.58. The van der Waals surface area contributed by atoms with Gasteiger partial charge in [0.2, 0.25) is 0 Å². The van der Waals surface area contributed by atoms with E-state index in [9.17, 15) is 10.2 Å². The van der Waals surface area contributed by atoms with Crippen LogP contribution in [0.3, 0.4) is 0 Å². The fraction of sp³-hybridized carbons (Fsp3) is 0.294. The lowest BCUT2D eigenvalue weighted by atomic mass is 9.78. The van der Waals surface area contributed by atoms with Gasteiger partial charge in [-0.15, -0.1) is 0 Å². The molecule has 0 bridgehead atoms. The SMILES string of the molecule is BrCCBr.CC(C)(c1cc(Br)c(O)c(Br)c1)c1cc(Br)c(O)c(Br)c1. The zero-order valence-electron chi connectivity index (χ0n) is 13.4. The maximum absolute atomic E-state index is 9.85. The zero-order valence-corrected chi connectivity index (χ0v) is 22.9. The number of aromatic hydroxyl groups is 2. The van der Waals surface area contributed by atoms with Crippen LogP contribution in [0.1, 0.15) is 25.0 Å². The first-order chi connectivity index (χ1) is 11.6. The van der Waals surface area contributed by atoms with Gasteiger partial charge in [0.15, 0.2) is 0 Å². The summed E-state index contributed by atoms with van der Waals surface area (Å²) in [5.74, 6) is 0.366. The molecule has 138 valence electrons. The summed E-state index contributed by atoms with van der Waals surface area (Å²) in [7, 11) is 0. The Hall–Kier alpha value is 0.920. The second kappa shape index (κ2) is 10.5. The summed E-state index contributed by atoms with van der Waals surface area (Å²) < 4.78 is 2.54. The molecular formula is C17H16Br6O2. The van der Waals surface area contributed by atoms with Crippen molar-refractivity contribution in [2.45, 2.75) is 19.3 Å². The highest BCUT2D eigenvalue weighted by Gasteiger charge is 2.26. The number of alkyl halides is 2. The lowest BCUT2D eigenvalue weighted by molar-refractivity contribution is 0.466. The van der Waals surface area contributed by atoms with Crippen LogP contribution in [0.2, 0.25) is 0 Å². The summed E-state index contributed by atoms with van der Waals surface area (Å²) in [4.78, 5) is 0. The molecule has 0 aliphatic carbocycles. The number of phenols is 2. The van der Waals surface area contributed by atoms with Crippen LogP contribution in [-0.4, -0.2) is 20.9 Å². The molecule has 0 heterocycles. The van der Waals surface area contributed by atoms with Crippen molar-refractivity contribution >= 4 is 95.6 Å². The first-order valence-corrected chi connectivity index (χ1v) is 12.5. The summed E-state index contributed by atoms with van der Waals surface area (Å²) in [6.07, 6.45) is 0. The van der Waals surface area contributed by atoms with Gasteiger partial charge in [0, 0.05) is 16.1 Å². The van der Waals surface area contributed by atoms with E-state index in [1.54, 1.807) is 0 Å². The van der Waals surface area contributed by atoms with Gasteiger partial charge in [0.05, 0.1) is 17.9 Å². The maximum atomic E-state index is 9.85. The highest BCUT2D eigenvalue weighted by molar-refractivity contribution is 9.12. The van der Waals surface area contributed by atoms with E-state index >= 15 is 0 Å². The Bertz CT molecular complexity index is 638. The first kappa shape index (κ1) is 24.0. The van der Waals surface area contributed by atoms with Crippen molar-refractivity contribution in [3.05, 3.63) is 53.3 Å². The van der Waals surface area contributed by atoms with Gasteiger partial charge in [-0.1, -0.05) is 45.7 Å². The van der Waals surface area contributed by atoms with Crippen molar-refractivity contribution < 1.29 is 10.2 Å². The molecule has 0 saturated carbocycles. The summed E-state index contributed by atoms with van der Waals surface area (Å²) in [5, 5.41) is 21.8. The second-order valence-corrected chi connectivity index (χ2v) is 10.6. The van der Waals surface area contributed by atoms with Crippen molar-refractivity contribution in [3.63, 3.8) is 0 Å². The van der Waals surface area contributed by atoms with Crippen LogP contribution >= 0.6 is 95.6 Å². The molecule has 2 N–H and O–H groups in total. The summed E-state index contributed by atoms with van der Waals surface area (Å²) in [5.41, 5.74) is 1.75. The molecule has 25 heavy (non-hydrogen) atoms. The standard InChI is InChI=1S/C15H12Br4O2.C2H4Br2/c1-15(2,7-3-9(16)13(20)10(17)4-7)8-5-11(18)14(21)12(19)6-8;3-1-2-4/h3-6,20-21H,1-2H3;1-2H2. The van der Waals surface area contributed by atoms with Crippen LogP contribution < -0.4 is 0 Å². The van der Waals surface area contributed by atoms with Gasteiger partial charge in [0.25, 0.3) is 0 Å². The summed E-state index contributed by atoms with van der Waals surface area (Å²) in [6, 6.07) is 7.59. The van der Waals surface area contributed by atoms with Crippen LogP contribution in [-0.2, 0) is 5.41 Å². The molecule has 0 fully saturated rings. The van der Waals surface area contributed by atoms with Gasteiger partial charge in [-0.05, 0) is 99.1 Å². The van der Waals surface area contributed by atoms with Gasteiger partial charge in [-0.3, -0.25) is 0 Å². The van der Waals surface area contributed by atoms with Crippen molar-refractivity contribution in [2.75, 3.05) is 10.7 Å². The van der Waals surface area contributed by atoms with E-state index in [0.717, 1.165) is 21.8 Å². The lowest BCUT2D eigenvalue weighted by Gasteiger charge is -2.27. The molecule has 2 aromatic carbocycles. The Morgan fingerprint density at radius 3 is 1.12 bits per heavy atom. The fourth-order valence-corrected chi connectivity index (χ4v) is 4.39. The molecular weight excluding hydrogens is 716 g/mol. The Morgan fingerprint density at radius 1 is 0.680 bits per heavy atom. The molecule has 0 aliphatic rings. The van der Waals surface area contributed by atoms with Gasteiger partial charge >= 0.3 is 0 Å². The Kier molecular flexibility index (Phi) is 10.0. The predicted molar refractivity (Wildman–Crippen MR) is 127 cm³/mol. The van der Waals surface area contributed by atoms with Gasteiger partial charge in [-0.2, -0.15) is 0 Å². The van der Waals surface area contributed by atoms with Crippen LogP contribution in [0.4, 0.5) is 0 Å². The van der Waals surface area contributed by atoms with E-state index in [0.29, 0.717) is 17.9 Å². The molecule has 8 heteroatoms. The Labute approximate surface area is 198 Å². The normalized spacial score (nSPS) is 11.0. The van der Waals surface area contributed by atoms with Gasteiger partial charge in [0.1, 0.15) is 11.5 Å². The molecule has 0 aliphatic heterocycles. The fourth-order valence-electron chi connectivity index (χ4n) is 2.02. The van der Waals surface area contributed by atoms with E-state index in [1.165, 1.54) is 0 Å². The van der Waals surface area contributed by atoms with Crippen LogP contribution in [0.5, 0.6) is 11.5 Å². The highest BCUT2D eigenvalue weighted by atomic mass is 79.9. The molecule has 0 saturated heterocycles. The summed E-state index contributed by atoms with van der Waals surface area (Å²) in [6.45, 7) is 4.17. The zero-order chi connectivity index (χ0) is 19.4. The average molecular weight is 732 g/mol. The number of hydrogen-bond acceptors (Lipinski definition) is 2. The Balaban J connectivity index is 0.000000705. The smallest absolute Gasteiger partial charge is 0.143 e. The summed E-state index contributed by atoms with van der Waals surface area (Å²) >= 11 is 19.9. The number of hydrogen-bond donors (Lipinski definition) is 2. The van der Waals surface area contributed by atoms with E-state index in [-0.39, 0.29) is 16.9 Å². The topological polar surface area (TPSA) is 40.5 Å². The van der Waals surface area contributed by atoms with Crippen molar-refractivity contribution in [2.24, 2.45) is 0 Å². The van der Waals surface area contributed by atoms with E-state index in [1.807, 2.05) is 24.3 Å². The van der Waals surface area contributed by atoms with Crippen molar-refractivity contribution in [3.8, 4) is 11.5 Å². The number of rotatable bonds is 3. The van der Waals surface area contributed by atoms with Gasteiger partial charge < -0.3 is 10.2 Å². The molecule has 0 radical (unpaired) electrons. The highest BCUT2D eigenvalue weighted by Crippen LogP contribution is 2.43. The maximum Gasteiger partial charge on any atom is 0.143 e. The van der Waals surface area contributed by atoms with Crippen LogP contribution in [0, 0.1) is 0 Å². The third kappa shape index (κ3) is 6.21. The van der Waals surface area contributed by atoms with E-state index < -0.39 is 0 Å². The third-order valence-electron chi connectivity index (χ3n) is 3.55. The lowest BCUT2D eigenvalue weighted by Crippen LogP contribution is -2.19. The van der Waals surface area contributed by atoms with Crippen LogP contribution in [0.15, 0.2) is 42.2 Å². The third-order valence-corrected chi connectivity index (χ3v) is 7.82. The van der Waals surface area contributed by atoms with Gasteiger partial charge in [-0.25, -0.2) is 0 Å². The van der Waals surface area contributed by atoms with Crippen molar-refractivity contribution in [1.29, 1.82) is 0 Å². The minimum atomic E-state index is -0.308. The molecule has 2 aromatic rings. The molecule has 0 unspecified atom stereocenters. The average Bonchev–Trinajstić information content (AvgIpc) is 2.56.